The van der Waals surface area contributed by atoms with Crippen molar-refractivity contribution in [2.24, 2.45) is 12.1 Å². The largest absolute Gasteiger partial charge is 0.332 e. The molecule has 0 spiro atoms. The van der Waals surface area contributed by atoms with Crippen LogP contribution in [0.2, 0.25) is 0 Å². The van der Waals surface area contributed by atoms with Gasteiger partial charge in [0.1, 0.15) is 0 Å². The molecule has 0 radical (unpaired) electrons. The summed E-state index contributed by atoms with van der Waals surface area (Å²) < 4.78 is 4.47. The van der Waals surface area contributed by atoms with E-state index < -0.39 is 5.69 Å². The van der Waals surface area contributed by atoms with Gasteiger partial charge in [-0.25, -0.2) is 9.80 Å². The standard InChI is InChI=1S/C20H22N6O2/c1-5-11-24-18(27)16-17(23(4)20(24)28)21-19-25(12-15-9-7-6-8-10-15)22-13(2)14(3)26(16)19/h5-10,14H,1,11-12H2,2-4H3/t14-/m1/s1. The molecule has 8 heteroatoms. The number of aryl methyl sites for hydroxylation is 1. The van der Waals surface area contributed by atoms with Crippen molar-refractivity contribution in [2.45, 2.75) is 33.0 Å². The molecule has 1 aliphatic heterocycles. The summed E-state index contributed by atoms with van der Waals surface area (Å²) in [6.07, 6.45) is 1.54. The van der Waals surface area contributed by atoms with Gasteiger partial charge in [-0.2, -0.15) is 10.1 Å². The van der Waals surface area contributed by atoms with E-state index in [0.29, 0.717) is 23.7 Å². The zero-order valence-corrected chi connectivity index (χ0v) is 16.2. The summed E-state index contributed by atoms with van der Waals surface area (Å²) in [5.41, 5.74) is 1.93. The Balaban J connectivity index is 1.99. The highest BCUT2D eigenvalue weighted by Crippen LogP contribution is 2.30. The fourth-order valence-electron chi connectivity index (χ4n) is 3.54. The number of imidazole rings is 1. The number of aromatic nitrogens is 4. The molecule has 0 saturated carbocycles. The summed E-state index contributed by atoms with van der Waals surface area (Å²) in [4.78, 5) is 30.4. The molecule has 0 N–H and O–H groups in total. The predicted molar refractivity (Wildman–Crippen MR) is 110 cm³/mol. The van der Waals surface area contributed by atoms with Crippen LogP contribution in [-0.2, 0) is 20.1 Å². The van der Waals surface area contributed by atoms with Gasteiger partial charge in [0, 0.05) is 13.6 Å². The monoisotopic (exact) mass is 378 g/mol. The Hall–Kier alpha value is -3.42. The summed E-state index contributed by atoms with van der Waals surface area (Å²) in [6, 6.07) is 9.79. The first kappa shape index (κ1) is 18.0. The maximum Gasteiger partial charge on any atom is 0.332 e. The second-order valence-electron chi connectivity index (χ2n) is 6.96. The van der Waals surface area contributed by atoms with Crippen LogP contribution in [0.4, 0.5) is 5.95 Å². The number of allylic oxidation sites excluding steroid dienone is 1. The summed E-state index contributed by atoms with van der Waals surface area (Å²) in [6.45, 7) is 8.23. The third-order valence-electron chi connectivity index (χ3n) is 5.15. The summed E-state index contributed by atoms with van der Waals surface area (Å²) >= 11 is 0. The van der Waals surface area contributed by atoms with Crippen LogP contribution >= 0.6 is 0 Å². The predicted octanol–water partition coefficient (Wildman–Crippen LogP) is 2.04. The normalized spacial score (nSPS) is 16.2. The van der Waals surface area contributed by atoms with Crippen LogP contribution in [0.1, 0.15) is 25.5 Å². The van der Waals surface area contributed by atoms with E-state index in [9.17, 15) is 9.59 Å². The van der Waals surface area contributed by atoms with Gasteiger partial charge in [0.25, 0.3) is 5.56 Å². The van der Waals surface area contributed by atoms with E-state index in [4.69, 9.17) is 0 Å². The molecule has 4 rings (SSSR count). The Bertz CT molecular complexity index is 1220. The van der Waals surface area contributed by atoms with E-state index in [-0.39, 0.29) is 18.1 Å². The number of fused-ring (bicyclic) bond motifs is 3. The average molecular weight is 378 g/mol. The van der Waals surface area contributed by atoms with Gasteiger partial charge in [-0.05, 0) is 19.4 Å². The lowest BCUT2D eigenvalue weighted by atomic mass is 10.2. The molecule has 1 aliphatic rings. The van der Waals surface area contributed by atoms with Crippen LogP contribution in [0.25, 0.3) is 11.2 Å². The Labute approximate surface area is 161 Å². The van der Waals surface area contributed by atoms with Gasteiger partial charge in [0.05, 0.1) is 18.3 Å². The van der Waals surface area contributed by atoms with E-state index in [1.165, 1.54) is 9.13 Å². The van der Waals surface area contributed by atoms with E-state index in [1.54, 1.807) is 18.1 Å². The van der Waals surface area contributed by atoms with Crippen molar-refractivity contribution in [3.63, 3.8) is 0 Å². The topological polar surface area (TPSA) is 77.4 Å². The lowest BCUT2D eigenvalue weighted by Crippen LogP contribution is -2.40. The number of nitrogens with zero attached hydrogens (tertiary/aromatic N) is 6. The molecule has 1 atom stereocenters. The molecular weight excluding hydrogens is 356 g/mol. The molecule has 0 saturated heterocycles. The Kier molecular flexibility index (Phi) is 4.26. The Morgan fingerprint density at radius 1 is 1.21 bits per heavy atom. The fraction of sp³-hybridized carbons (Fsp3) is 0.300. The number of hydrazone groups is 1. The van der Waals surface area contributed by atoms with E-state index in [0.717, 1.165) is 11.3 Å². The molecule has 0 amide bonds. The van der Waals surface area contributed by atoms with Gasteiger partial charge < -0.3 is 0 Å². The van der Waals surface area contributed by atoms with Gasteiger partial charge in [0.15, 0.2) is 11.2 Å². The van der Waals surface area contributed by atoms with E-state index >= 15 is 0 Å². The molecule has 8 nitrogen and oxygen atoms in total. The maximum absolute atomic E-state index is 13.1. The number of hydrogen-bond donors (Lipinski definition) is 0. The van der Waals surface area contributed by atoms with Crippen LogP contribution in [0.3, 0.4) is 0 Å². The molecule has 0 unspecified atom stereocenters. The van der Waals surface area contributed by atoms with Gasteiger partial charge in [-0.1, -0.05) is 36.4 Å². The summed E-state index contributed by atoms with van der Waals surface area (Å²) in [5, 5.41) is 6.47. The molecule has 144 valence electrons. The van der Waals surface area contributed by atoms with E-state index in [1.807, 2.05) is 48.7 Å². The lowest BCUT2D eigenvalue weighted by molar-refractivity contribution is 0.629. The summed E-state index contributed by atoms with van der Waals surface area (Å²) in [5.74, 6) is 0.556. The van der Waals surface area contributed by atoms with Crippen LogP contribution in [0.15, 0.2) is 57.7 Å². The Morgan fingerprint density at radius 2 is 1.93 bits per heavy atom. The van der Waals surface area contributed by atoms with Gasteiger partial charge in [-0.3, -0.25) is 18.5 Å². The average Bonchev–Trinajstić information content (AvgIpc) is 3.10. The first-order valence-electron chi connectivity index (χ1n) is 9.13. The molecular formula is C20H22N6O2. The molecule has 1 aromatic carbocycles. The number of rotatable bonds is 4. The third kappa shape index (κ3) is 2.60. The zero-order valence-electron chi connectivity index (χ0n) is 16.2. The minimum absolute atomic E-state index is 0.144. The van der Waals surface area contributed by atoms with Crippen LogP contribution < -0.4 is 16.3 Å². The van der Waals surface area contributed by atoms with Crippen LogP contribution in [-0.4, -0.2) is 24.4 Å². The third-order valence-corrected chi connectivity index (χ3v) is 5.15. The van der Waals surface area contributed by atoms with Crippen molar-refractivity contribution in [1.29, 1.82) is 0 Å². The first-order valence-corrected chi connectivity index (χ1v) is 9.13. The highest BCUT2D eigenvalue weighted by Gasteiger charge is 2.30. The van der Waals surface area contributed by atoms with Crippen molar-refractivity contribution < 1.29 is 0 Å². The van der Waals surface area contributed by atoms with Gasteiger partial charge >= 0.3 is 5.69 Å². The molecule has 0 aliphatic carbocycles. The minimum atomic E-state index is -0.409. The summed E-state index contributed by atoms with van der Waals surface area (Å²) in [7, 11) is 1.63. The SMILES string of the molecule is C=CCn1c(=O)c2c(nc3n2[C@H](C)C(C)=NN3Cc2ccccc2)n(C)c1=O. The van der Waals surface area contributed by atoms with Crippen molar-refractivity contribution in [3.8, 4) is 0 Å². The molecule has 0 bridgehead atoms. The first-order chi connectivity index (χ1) is 13.4. The van der Waals surface area contributed by atoms with E-state index in [2.05, 4.69) is 16.7 Å². The molecule has 0 fully saturated rings. The van der Waals surface area contributed by atoms with Crippen molar-refractivity contribution in [2.75, 3.05) is 5.01 Å². The Morgan fingerprint density at radius 3 is 2.61 bits per heavy atom. The molecule has 3 heterocycles. The quantitative estimate of drug-likeness (QED) is 0.651. The molecule has 2 aromatic heterocycles. The van der Waals surface area contributed by atoms with Gasteiger partial charge in [-0.15, -0.1) is 6.58 Å². The second kappa shape index (κ2) is 6.63. The van der Waals surface area contributed by atoms with Crippen molar-refractivity contribution in [1.82, 2.24) is 18.7 Å². The zero-order chi connectivity index (χ0) is 20.0. The number of benzene rings is 1. The second-order valence-corrected chi connectivity index (χ2v) is 6.96. The number of anilines is 1. The van der Waals surface area contributed by atoms with Crippen LogP contribution in [0, 0.1) is 0 Å². The van der Waals surface area contributed by atoms with Crippen LogP contribution in [0.5, 0.6) is 0 Å². The lowest BCUT2D eigenvalue weighted by Gasteiger charge is -2.29. The molecule has 28 heavy (non-hydrogen) atoms. The molecule has 3 aromatic rings. The highest BCUT2D eigenvalue weighted by atomic mass is 16.2. The van der Waals surface area contributed by atoms with Crippen molar-refractivity contribution in [3.05, 3.63) is 69.4 Å². The smallest absolute Gasteiger partial charge is 0.294 e. The van der Waals surface area contributed by atoms with Crippen molar-refractivity contribution >= 4 is 22.8 Å². The fourth-order valence-corrected chi connectivity index (χ4v) is 3.54. The highest BCUT2D eigenvalue weighted by molar-refractivity contribution is 5.91. The maximum atomic E-state index is 13.1. The van der Waals surface area contributed by atoms with Gasteiger partial charge in [0.2, 0.25) is 5.95 Å². The minimum Gasteiger partial charge on any atom is -0.294 e. The number of hydrogen-bond acceptors (Lipinski definition) is 5.